The van der Waals surface area contributed by atoms with E-state index in [0.717, 1.165) is 15.7 Å². The number of nitrogens with zero attached hydrogens (tertiary/aromatic N) is 1. The Morgan fingerprint density at radius 1 is 1.47 bits per heavy atom. The van der Waals surface area contributed by atoms with Gasteiger partial charge in [0.15, 0.2) is 0 Å². The molecule has 2 aromatic rings. The molecule has 0 bridgehead atoms. The molecule has 15 heavy (non-hydrogen) atoms. The van der Waals surface area contributed by atoms with Crippen molar-refractivity contribution in [2.75, 3.05) is 5.73 Å². The number of rotatable bonds is 3. The van der Waals surface area contributed by atoms with Gasteiger partial charge >= 0.3 is 0 Å². The van der Waals surface area contributed by atoms with Crippen LogP contribution in [0.25, 0.3) is 0 Å². The van der Waals surface area contributed by atoms with Gasteiger partial charge in [-0.15, -0.1) is 11.3 Å². The smallest absolute Gasteiger partial charge is 0.150 e. The Morgan fingerprint density at radius 2 is 2.33 bits per heavy atom. The maximum Gasteiger partial charge on any atom is 0.150 e. The van der Waals surface area contributed by atoms with E-state index in [1.807, 2.05) is 11.4 Å². The summed E-state index contributed by atoms with van der Waals surface area (Å²) in [5.74, 6) is 0.954. The molecule has 78 valence electrons. The Hall–Kier alpha value is -1.20. The predicted molar refractivity (Wildman–Crippen MR) is 64.2 cm³/mol. The first kappa shape index (κ1) is 10.3. The standard InChI is InChI=1S/C10H10N2OS2/c11-8-5-7(1-2-9(8)13)6-15-10-12-3-4-14-10/h1-5,13H,6,11H2. The van der Waals surface area contributed by atoms with Gasteiger partial charge in [-0.3, -0.25) is 0 Å². The van der Waals surface area contributed by atoms with Crippen molar-refractivity contribution in [2.45, 2.75) is 10.1 Å². The van der Waals surface area contributed by atoms with Crippen LogP contribution in [0.5, 0.6) is 5.75 Å². The highest BCUT2D eigenvalue weighted by Gasteiger charge is 2.01. The number of phenolic OH excluding ortho intramolecular Hbond substituents is 1. The van der Waals surface area contributed by atoms with Crippen molar-refractivity contribution >= 4 is 28.8 Å². The normalized spacial score (nSPS) is 10.4. The zero-order valence-electron chi connectivity index (χ0n) is 7.88. The predicted octanol–water partition coefficient (Wildman–Crippen LogP) is 2.72. The van der Waals surface area contributed by atoms with E-state index in [0.29, 0.717) is 5.69 Å². The minimum Gasteiger partial charge on any atom is -0.506 e. The molecule has 3 nitrogen and oxygen atoms in total. The van der Waals surface area contributed by atoms with Crippen LogP contribution in [0.4, 0.5) is 5.69 Å². The topological polar surface area (TPSA) is 59.1 Å². The molecule has 0 amide bonds. The summed E-state index contributed by atoms with van der Waals surface area (Å²) >= 11 is 3.29. The van der Waals surface area contributed by atoms with E-state index >= 15 is 0 Å². The number of thiazole rings is 1. The van der Waals surface area contributed by atoms with Crippen molar-refractivity contribution in [2.24, 2.45) is 0 Å². The summed E-state index contributed by atoms with van der Waals surface area (Å²) in [5, 5.41) is 11.2. The Kier molecular flexibility index (Phi) is 3.13. The van der Waals surface area contributed by atoms with Gasteiger partial charge in [0.2, 0.25) is 0 Å². The van der Waals surface area contributed by atoms with E-state index in [9.17, 15) is 5.11 Å². The van der Waals surface area contributed by atoms with Crippen LogP contribution in [0.2, 0.25) is 0 Å². The summed E-state index contributed by atoms with van der Waals surface area (Å²) in [6.45, 7) is 0. The van der Waals surface area contributed by atoms with Crippen LogP contribution in [-0.4, -0.2) is 10.1 Å². The van der Waals surface area contributed by atoms with Gasteiger partial charge in [0.1, 0.15) is 10.1 Å². The summed E-state index contributed by atoms with van der Waals surface area (Å²) in [6.07, 6.45) is 1.79. The molecule has 5 heteroatoms. The first-order valence-corrected chi connectivity index (χ1v) is 6.22. The molecule has 2 rings (SSSR count). The molecule has 0 aliphatic carbocycles. The summed E-state index contributed by atoms with van der Waals surface area (Å²) in [4.78, 5) is 4.17. The average molecular weight is 238 g/mol. The zero-order valence-corrected chi connectivity index (χ0v) is 9.52. The van der Waals surface area contributed by atoms with Crippen molar-refractivity contribution in [3.8, 4) is 5.75 Å². The van der Waals surface area contributed by atoms with Crippen LogP contribution in [0.15, 0.2) is 34.1 Å². The molecular formula is C10H10N2OS2. The molecule has 0 spiro atoms. The molecule has 1 aromatic heterocycles. The van der Waals surface area contributed by atoms with E-state index < -0.39 is 0 Å². The van der Waals surface area contributed by atoms with Crippen LogP contribution in [-0.2, 0) is 5.75 Å². The Balaban J connectivity index is 2.02. The second-order valence-corrected chi connectivity index (χ2v) is 5.10. The highest BCUT2D eigenvalue weighted by atomic mass is 32.2. The fourth-order valence-electron chi connectivity index (χ4n) is 1.12. The lowest BCUT2D eigenvalue weighted by Gasteiger charge is -2.02. The summed E-state index contributed by atoms with van der Waals surface area (Å²) in [7, 11) is 0. The Morgan fingerprint density at radius 3 is 3.00 bits per heavy atom. The van der Waals surface area contributed by atoms with E-state index in [4.69, 9.17) is 5.73 Å². The Labute approximate surface area is 96.0 Å². The number of aromatic nitrogens is 1. The lowest BCUT2D eigenvalue weighted by Crippen LogP contribution is -1.88. The number of aromatic hydroxyl groups is 1. The van der Waals surface area contributed by atoms with Crippen LogP contribution in [0.3, 0.4) is 0 Å². The molecule has 3 N–H and O–H groups in total. The van der Waals surface area contributed by atoms with Crippen LogP contribution >= 0.6 is 23.1 Å². The highest BCUT2D eigenvalue weighted by molar-refractivity contribution is 8.00. The average Bonchev–Trinajstić information content (AvgIpc) is 2.73. The first-order chi connectivity index (χ1) is 7.25. The van der Waals surface area contributed by atoms with Crippen molar-refractivity contribution in [3.63, 3.8) is 0 Å². The third kappa shape index (κ3) is 2.64. The Bertz CT molecular complexity index is 443. The third-order valence-electron chi connectivity index (χ3n) is 1.86. The summed E-state index contributed by atoms with van der Waals surface area (Å²) < 4.78 is 1.04. The van der Waals surface area contributed by atoms with Crippen molar-refractivity contribution < 1.29 is 5.11 Å². The van der Waals surface area contributed by atoms with E-state index in [1.165, 1.54) is 0 Å². The highest BCUT2D eigenvalue weighted by Crippen LogP contribution is 2.27. The number of phenols is 1. The molecule has 0 saturated carbocycles. The molecular weight excluding hydrogens is 228 g/mol. The molecule has 0 aliphatic heterocycles. The van der Waals surface area contributed by atoms with E-state index in [-0.39, 0.29) is 5.75 Å². The number of hydrogen-bond acceptors (Lipinski definition) is 5. The number of nitrogen functional groups attached to an aromatic ring is 1. The van der Waals surface area contributed by atoms with Gasteiger partial charge in [-0.1, -0.05) is 17.8 Å². The fraction of sp³-hybridized carbons (Fsp3) is 0.100. The minimum atomic E-state index is 0.137. The van der Waals surface area contributed by atoms with Gasteiger partial charge in [-0.2, -0.15) is 0 Å². The molecule has 0 atom stereocenters. The third-order valence-corrected chi connectivity index (χ3v) is 3.90. The number of nitrogens with two attached hydrogens (primary N) is 1. The van der Waals surface area contributed by atoms with E-state index in [1.54, 1.807) is 41.4 Å². The largest absolute Gasteiger partial charge is 0.506 e. The maximum atomic E-state index is 9.25. The second kappa shape index (κ2) is 4.55. The van der Waals surface area contributed by atoms with E-state index in [2.05, 4.69) is 4.98 Å². The molecule has 1 aromatic carbocycles. The second-order valence-electron chi connectivity index (χ2n) is 2.98. The van der Waals surface area contributed by atoms with Gasteiger partial charge in [0, 0.05) is 17.3 Å². The number of anilines is 1. The van der Waals surface area contributed by atoms with Crippen LogP contribution in [0.1, 0.15) is 5.56 Å². The number of hydrogen-bond donors (Lipinski definition) is 2. The van der Waals surface area contributed by atoms with Gasteiger partial charge in [0.05, 0.1) is 5.69 Å². The molecule has 0 aliphatic rings. The molecule has 0 saturated heterocycles. The SMILES string of the molecule is Nc1cc(CSc2nccs2)ccc1O. The van der Waals surface area contributed by atoms with Crippen molar-refractivity contribution in [1.82, 2.24) is 4.98 Å². The quantitative estimate of drug-likeness (QED) is 0.490. The lowest BCUT2D eigenvalue weighted by atomic mass is 10.2. The van der Waals surface area contributed by atoms with Crippen LogP contribution < -0.4 is 5.73 Å². The van der Waals surface area contributed by atoms with Gasteiger partial charge in [0.25, 0.3) is 0 Å². The monoisotopic (exact) mass is 238 g/mol. The molecule has 0 radical (unpaired) electrons. The number of benzene rings is 1. The van der Waals surface area contributed by atoms with Crippen molar-refractivity contribution in [1.29, 1.82) is 0 Å². The molecule has 1 heterocycles. The fourth-order valence-corrected chi connectivity index (χ4v) is 2.70. The van der Waals surface area contributed by atoms with Gasteiger partial charge in [-0.25, -0.2) is 4.98 Å². The molecule has 0 unspecified atom stereocenters. The van der Waals surface area contributed by atoms with Crippen molar-refractivity contribution in [3.05, 3.63) is 35.3 Å². The maximum absolute atomic E-state index is 9.25. The van der Waals surface area contributed by atoms with Gasteiger partial charge < -0.3 is 10.8 Å². The first-order valence-electron chi connectivity index (χ1n) is 4.35. The zero-order chi connectivity index (χ0) is 10.7. The molecule has 0 fully saturated rings. The summed E-state index contributed by atoms with van der Waals surface area (Å²) in [5.41, 5.74) is 7.11. The lowest BCUT2D eigenvalue weighted by molar-refractivity contribution is 0.478. The summed E-state index contributed by atoms with van der Waals surface area (Å²) in [6, 6.07) is 5.27. The number of thioether (sulfide) groups is 1. The van der Waals surface area contributed by atoms with Crippen LogP contribution in [0, 0.1) is 0 Å². The van der Waals surface area contributed by atoms with Gasteiger partial charge in [-0.05, 0) is 17.7 Å². The minimum absolute atomic E-state index is 0.137.